The summed E-state index contributed by atoms with van der Waals surface area (Å²) in [5.41, 5.74) is 1.06. The lowest BCUT2D eigenvalue weighted by atomic mass is 10.2. The Morgan fingerprint density at radius 1 is 1.20 bits per heavy atom. The predicted octanol–water partition coefficient (Wildman–Crippen LogP) is 2.69. The van der Waals surface area contributed by atoms with Crippen molar-refractivity contribution in [2.24, 2.45) is 0 Å². The molecule has 2 N–H and O–H groups in total. The van der Waals surface area contributed by atoms with Crippen molar-refractivity contribution in [1.29, 1.82) is 0 Å². The minimum absolute atomic E-state index is 0.156. The molecule has 4 nitrogen and oxygen atoms in total. The van der Waals surface area contributed by atoms with Crippen molar-refractivity contribution in [3.05, 3.63) is 42.1 Å². The summed E-state index contributed by atoms with van der Waals surface area (Å²) in [6, 6.07) is 9.71. The number of nitrogens with zero attached hydrogens (tertiary/aromatic N) is 1. The van der Waals surface area contributed by atoms with E-state index >= 15 is 0 Å². The molecule has 1 aromatic carbocycles. The fraction of sp³-hybridized carbons (Fsp3) is 0.438. The van der Waals surface area contributed by atoms with Crippen LogP contribution in [0, 0.1) is 0 Å². The van der Waals surface area contributed by atoms with Crippen molar-refractivity contribution in [2.75, 3.05) is 26.2 Å². The molecule has 0 spiro atoms. The summed E-state index contributed by atoms with van der Waals surface area (Å²) in [6.45, 7) is 8.13. The monoisotopic (exact) mass is 275 g/mol. The number of amides is 2. The van der Waals surface area contributed by atoms with E-state index in [1.807, 2.05) is 36.4 Å². The van der Waals surface area contributed by atoms with Crippen LogP contribution in [0.2, 0.25) is 0 Å². The van der Waals surface area contributed by atoms with Gasteiger partial charge in [0.1, 0.15) is 0 Å². The van der Waals surface area contributed by atoms with Gasteiger partial charge in [-0.25, -0.2) is 4.79 Å². The summed E-state index contributed by atoms with van der Waals surface area (Å²) in [5.74, 6) is 0. The topological polar surface area (TPSA) is 44.4 Å². The zero-order chi connectivity index (χ0) is 14.6. The summed E-state index contributed by atoms with van der Waals surface area (Å²) >= 11 is 0. The van der Waals surface area contributed by atoms with Crippen LogP contribution < -0.4 is 10.6 Å². The average molecular weight is 275 g/mol. The smallest absolute Gasteiger partial charge is 0.318 e. The van der Waals surface area contributed by atoms with E-state index in [1.165, 1.54) is 0 Å². The minimum Gasteiger partial charge on any atom is -0.338 e. The molecule has 1 aromatic rings. The van der Waals surface area contributed by atoms with Gasteiger partial charge in [-0.2, -0.15) is 0 Å². The number of benzene rings is 1. The van der Waals surface area contributed by atoms with Gasteiger partial charge in [-0.3, -0.25) is 0 Å². The van der Waals surface area contributed by atoms with Gasteiger partial charge in [0.2, 0.25) is 0 Å². The molecular weight excluding hydrogens is 250 g/mol. The molecule has 1 rings (SSSR count). The van der Waals surface area contributed by atoms with Crippen LogP contribution in [-0.4, -0.2) is 37.1 Å². The third-order valence-electron chi connectivity index (χ3n) is 3.12. The van der Waals surface area contributed by atoms with Gasteiger partial charge in [-0.05, 0) is 37.7 Å². The Hall–Kier alpha value is -1.81. The number of urea groups is 1. The van der Waals surface area contributed by atoms with Gasteiger partial charge in [-0.15, -0.1) is 0 Å². The molecule has 110 valence electrons. The van der Waals surface area contributed by atoms with Crippen LogP contribution >= 0.6 is 0 Å². The van der Waals surface area contributed by atoms with Gasteiger partial charge in [0.05, 0.1) is 0 Å². The highest BCUT2D eigenvalue weighted by Crippen LogP contribution is 1.99. The minimum atomic E-state index is -0.156. The Morgan fingerprint density at radius 2 is 1.90 bits per heavy atom. The van der Waals surface area contributed by atoms with Gasteiger partial charge >= 0.3 is 6.03 Å². The summed E-state index contributed by atoms with van der Waals surface area (Å²) < 4.78 is 0. The first-order chi connectivity index (χ1) is 9.76. The van der Waals surface area contributed by atoms with Gasteiger partial charge in [0.15, 0.2) is 0 Å². The first-order valence-corrected chi connectivity index (χ1v) is 7.24. The molecule has 0 aliphatic heterocycles. The molecule has 4 heteroatoms. The van der Waals surface area contributed by atoms with Gasteiger partial charge < -0.3 is 15.5 Å². The summed E-state index contributed by atoms with van der Waals surface area (Å²) in [5, 5.41) is 5.55. The molecule has 0 radical (unpaired) electrons. The number of carbonyl (C=O) groups excluding carboxylic acids is 1. The van der Waals surface area contributed by atoms with Gasteiger partial charge in [0.25, 0.3) is 0 Å². The molecule has 0 heterocycles. The molecule has 2 amide bonds. The first-order valence-electron chi connectivity index (χ1n) is 7.24. The Morgan fingerprint density at radius 3 is 2.55 bits per heavy atom. The predicted molar refractivity (Wildman–Crippen MR) is 84.4 cm³/mol. The van der Waals surface area contributed by atoms with Crippen LogP contribution in [0.5, 0.6) is 0 Å². The molecule has 20 heavy (non-hydrogen) atoms. The van der Waals surface area contributed by atoms with Crippen LogP contribution in [0.4, 0.5) is 4.79 Å². The van der Waals surface area contributed by atoms with Crippen molar-refractivity contribution in [3.63, 3.8) is 0 Å². The lowest BCUT2D eigenvalue weighted by Gasteiger charge is -2.17. The van der Waals surface area contributed by atoms with Crippen molar-refractivity contribution < 1.29 is 4.79 Å². The molecule has 0 atom stereocenters. The maximum absolute atomic E-state index is 11.5. The maximum atomic E-state index is 11.5. The third kappa shape index (κ3) is 6.95. The van der Waals surface area contributed by atoms with E-state index in [-0.39, 0.29) is 6.03 Å². The third-order valence-corrected chi connectivity index (χ3v) is 3.12. The van der Waals surface area contributed by atoms with Gasteiger partial charge in [0, 0.05) is 12.7 Å². The van der Waals surface area contributed by atoms with Crippen molar-refractivity contribution in [1.82, 2.24) is 15.5 Å². The largest absolute Gasteiger partial charge is 0.338 e. The van der Waals surface area contributed by atoms with Gasteiger partial charge in [-0.1, -0.05) is 44.2 Å². The second kappa shape index (κ2) is 10.0. The van der Waals surface area contributed by atoms with E-state index in [0.717, 1.165) is 31.6 Å². The molecule has 0 fully saturated rings. The second-order valence-electron chi connectivity index (χ2n) is 4.52. The highest BCUT2D eigenvalue weighted by Gasteiger charge is 1.99. The zero-order valence-corrected chi connectivity index (χ0v) is 12.4. The molecular formula is C16H25N3O. The lowest BCUT2D eigenvalue weighted by Crippen LogP contribution is -2.34. The van der Waals surface area contributed by atoms with Crippen LogP contribution in [0.1, 0.15) is 25.8 Å². The van der Waals surface area contributed by atoms with E-state index < -0.39 is 0 Å². The fourth-order valence-electron chi connectivity index (χ4n) is 1.87. The van der Waals surface area contributed by atoms with Crippen molar-refractivity contribution in [2.45, 2.75) is 20.3 Å². The highest BCUT2D eigenvalue weighted by atomic mass is 16.2. The molecule has 0 saturated carbocycles. The number of nitrogens with one attached hydrogen (secondary N) is 2. The molecule has 0 saturated heterocycles. The second-order valence-corrected chi connectivity index (χ2v) is 4.52. The standard InChI is InChI=1S/C16H25N3O/c1-3-19(4-2)14-8-12-17-16(20)18-13-11-15-9-6-5-7-10-15/h5-7,9-11,13H,3-4,8,12,14H2,1-2H3,(H2,17,18,20)/b13-11+. The number of carbonyl (C=O) groups is 1. The molecule has 0 unspecified atom stereocenters. The normalized spacial score (nSPS) is 10.9. The van der Waals surface area contributed by atoms with Crippen molar-refractivity contribution >= 4 is 12.1 Å². The number of hydrogen-bond acceptors (Lipinski definition) is 2. The van der Waals surface area contributed by atoms with Crippen LogP contribution in [0.15, 0.2) is 36.5 Å². The van der Waals surface area contributed by atoms with Crippen LogP contribution in [0.25, 0.3) is 6.08 Å². The summed E-state index contributed by atoms with van der Waals surface area (Å²) in [4.78, 5) is 13.9. The molecule has 0 aliphatic carbocycles. The Bertz CT molecular complexity index is 399. The maximum Gasteiger partial charge on any atom is 0.318 e. The van der Waals surface area contributed by atoms with E-state index in [2.05, 4.69) is 29.4 Å². The van der Waals surface area contributed by atoms with E-state index in [0.29, 0.717) is 6.54 Å². The molecule has 0 aliphatic rings. The van der Waals surface area contributed by atoms with E-state index in [1.54, 1.807) is 6.20 Å². The Labute approximate surface area is 121 Å². The Balaban J connectivity index is 2.13. The Kier molecular flexibility index (Phi) is 8.15. The van der Waals surface area contributed by atoms with Crippen LogP contribution in [0.3, 0.4) is 0 Å². The molecule has 0 aromatic heterocycles. The lowest BCUT2D eigenvalue weighted by molar-refractivity contribution is 0.242. The molecule has 0 bridgehead atoms. The fourth-order valence-corrected chi connectivity index (χ4v) is 1.87. The number of rotatable bonds is 8. The van der Waals surface area contributed by atoms with E-state index in [4.69, 9.17) is 0 Å². The average Bonchev–Trinajstić information content (AvgIpc) is 2.48. The summed E-state index contributed by atoms with van der Waals surface area (Å²) in [6.07, 6.45) is 4.50. The number of hydrogen-bond donors (Lipinski definition) is 2. The summed E-state index contributed by atoms with van der Waals surface area (Å²) in [7, 11) is 0. The van der Waals surface area contributed by atoms with Crippen molar-refractivity contribution in [3.8, 4) is 0 Å². The zero-order valence-electron chi connectivity index (χ0n) is 12.4. The first kappa shape index (κ1) is 16.2. The van der Waals surface area contributed by atoms with E-state index in [9.17, 15) is 4.79 Å². The highest BCUT2D eigenvalue weighted by molar-refractivity contribution is 5.75. The van der Waals surface area contributed by atoms with Crippen LogP contribution in [-0.2, 0) is 0 Å². The SMILES string of the molecule is CCN(CC)CCCNC(=O)N/C=C/c1ccccc1. The quantitative estimate of drug-likeness (QED) is 0.716.